The van der Waals surface area contributed by atoms with Gasteiger partial charge in [0.15, 0.2) is 0 Å². The van der Waals surface area contributed by atoms with Crippen LogP contribution in [0.4, 0.5) is 0 Å². The molecule has 1 aliphatic heterocycles. The maximum absolute atomic E-state index is 12.2. The highest BCUT2D eigenvalue weighted by molar-refractivity contribution is 6.35. The summed E-state index contributed by atoms with van der Waals surface area (Å²) in [5.74, 6) is -0.322. The molecule has 0 bridgehead atoms. The van der Waals surface area contributed by atoms with Gasteiger partial charge in [0.1, 0.15) is 5.76 Å². The van der Waals surface area contributed by atoms with Crippen LogP contribution in [-0.4, -0.2) is 55.6 Å². The average molecular weight is 349 g/mol. The van der Waals surface area contributed by atoms with Gasteiger partial charge >= 0.3 is 11.8 Å². The quantitative estimate of drug-likeness (QED) is 0.781. The Labute approximate surface area is 148 Å². The third-order valence-corrected chi connectivity index (χ3v) is 4.96. The Morgan fingerprint density at radius 2 is 1.92 bits per heavy atom. The molecule has 1 aromatic rings. The number of rotatable bonds is 5. The zero-order chi connectivity index (χ0) is 17.5. The fraction of sp³-hybridized carbons (Fsp3) is 0.667. The summed E-state index contributed by atoms with van der Waals surface area (Å²) < 4.78 is 10.9. The Morgan fingerprint density at radius 1 is 1.16 bits per heavy atom. The van der Waals surface area contributed by atoms with Crippen LogP contribution in [0.15, 0.2) is 22.8 Å². The van der Waals surface area contributed by atoms with Crippen LogP contribution in [0.5, 0.6) is 0 Å². The molecule has 25 heavy (non-hydrogen) atoms. The van der Waals surface area contributed by atoms with Crippen molar-refractivity contribution in [3.63, 3.8) is 0 Å². The van der Waals surface area contributed by atoms with Crippen molar-refractivity contribution in [2.45, 2.75) is 44.2 Å². The van der Waals surface area contributed by atoms with Crippen molar-refractivity contribution in [3.8, 4) is 0 Å². The Morgan fingerprint density at radius 3 is 2.60 bits per heavy atom. The molecule has 3 rings (SSSR count). The molecule has 2 fully saturated rings. The SMILES string of the molecule is O=C(NCC(c1ccco1)N1CCOCC1)C(=O)NC1CCCCC1. The van der Waals surface area contributed by atoms with Crippen LogP contribution < -0.4 is 10.6 Å². The molecule has 1 saturated carbocycles. The standard InChI is InChI=1S/C18H27N3O4/c22-17(18(23)20-14-5-2-1-3-6-14)19-13-15(16-7-4-10-25-16)21-8-11-24-12-9-21/h4,7,10,14-15H,1-3,5-6,8-9,11-13H2,(H,19,22)(H,20,23). The smallest absolute Gasteiger partial charge is 0.309 e. The fourth-order valence-corrected chi connectivity index (χ4v) is 3.55. The van der Waals surface area contributed by atoms with Crippen molar-refractivity contribution in [1.29, 1.82) is 0 Å². The number of nitrogens with one attached hydrogen (secondary N) is 2. The lowest BCUT2D eigenvalue weighted by Gasteiger charge is -2.33. The lowest BCUT2D eigenvalue weighted by atomic mass is 9.95. The maximum atomic E-state index is 12.2. The van der Waals surface area contributed by atoms with Crippen molar-refractivity contribution in [2.75, 3.05) is 32.8 Å². The highest BCUT2D eigenvalue weighted by Crippen LogP contribution is 2.21. The van der Waals surface area contributed by atoms with Crippen molar-refractivity contribution >= 4 is 11.8 Å². The van der Waals surface area contributed by atoms with Crippen LogP contribution in [0.2, 0.25) is 0 Å². The van der Waals surface area contributed by atoms with Crippen LogP contribution in [0.1, 0.15) is 43.9 Å². The molecule has 7 nitrogen and oxygen atoms in total. The van der Waals surface area contributed by atoms with Gasteiger partial charge in [0.05, 0.1) is 25.5 Å². The molecule has 1 atom stereocenters. The zero-order valence-electron chi connectivity index (χ0n) is 14.5. The van der Waals surface area contributed by atoms with Gasteiger partial charge in [-0.3, -0.25) is 14.5 Å². The van der Waals surface area contributed by atoms with Gasteiger partial charge in [-0.15, -0.1) is 0 Å². The molecule has 1 aliphatic carbocycles. The van der Waals surface area contributed by atoms with Gasteiger partial charge < -0.3 is 19.8 Å². The van der Waals surface area contributed by atoms with Gasteiger partial charge in [-0.2, -0.15) is 0 Å². The van der Waals surface area contributed by atoms with E-state index < -0.39 is 11.8 Å². The minimum absolute atomic E-state index is 0.0923. The number of morpholine rings is 1. The van der Waals surface area contributed by atoms with E-state index in [1.807, 2.05) is 12.1 Å². The number of carbonyl (C=O) groups is 2. The first-order valence-electron chi connectivity index (χ1n) is 9.18. The average Bonchev–Trinajstić information content (AvgIpc) is 3.18. The summed E-state index contributed by atoms with van der Waals surface area (Å²) in [5.41, 5.74) is 0. The first kappa shape index (κ1) is 17.9. The Kier molecular flexibility index (Phi) is 6.47. The molecular weight excluding hydrogens is 322 g/mol. The van der Waals surface area contributed by atoms with Gasteiger partial charge in [-0.05, 0) is 25.0 Å². The van der Waals surface area contributed by atoms with Gasteiger partial charge in [-0.25, -0.2) is 0 Å². The van der Waals surface area contributed by atoms with E-state index in [1.165, 1.54) is 6.42 Å². The first-order valence-corrected chi connectivity index (χ1v) is 9.18. The van der Waals surface area contributed by atoms with Crippen molar-refractivity contribution < 1.29 is 18.7 Å². The van der Waals surface area contributed by atoms with E-state index in [0.717, 1.165) is 44.5 Å². The monoisotopic (exact) mass is 349 g/mol. The van der Waals surface area contributed by atoms with E-state index in [1.54, 1.807) is 6.26 Å². The van der Waals surface area contributed by atoms with E-state index in [-0.39, 0.29) is 12.1 Å². The molecule has 2 N–H and O–H groups in total. The highest BCUT2D eigenvalue weighted by atomic mass is 16.5. The molecule has 138 valence electrons. The predicted octanol–water partition coefficient (Wildman–Crippen LogP) is 1.22. The minimum Gasteiger partial charge on any atom is -0.468 e. The topological polar surface area (TPSA) is 83.8 Å². The van der Waals surface area contributed by atoms with Crippen LogP contribution in [0.3, 0.4) is 0 Å². The van der Waals surface area contributed by atoms with Crippen molar-refractivity contribution in [2.24, 2.45) is 0 Å². The number of nitrogens with zero attached hydrogens (tertiary/aromatic N) is 1. The summed E-state index contributed by atoms with van der Waals surface area (Å²) in [4.78, 5) is 26.5. The third-order valence-electron chi connectivity index (χ3n) is 4.96. The molecular formula is C18H27N3O4. The van der Waals surface area contributed by atoms with Gasteiger partial charge in [0.2, 0.25) is 0 Å². The Bertz CT molecular complexity index is 549. The first-order chi connectivity index (χ1) is 12.2. The summed E-state index contributed by atoms with van der Waals surface area (Å²) in [6.45, 7) is 3.20. The molecule has 1 saturated heterocycles. The molecule has 2 aliphatic rings. The Hall–Kier alpha value is -1.86. The lowest BCUT2D eigenvalue weighted by Crippen LogP contribution is -2.48. The Balaban J connectivity index is 1.52. The number of furan rings is 1. The summed E-state index contributed by atoms with van der Waals surface area (Å²) in [6.07, 6.45) is 6.99. The van der Waals surface area contributed by atoms with Gasteiger partial charge in [-0.1, -0.05) is 19.3 Å². The number of ether oxygens (including phenoxy) is 1. The number of hydrogen-bond donors (Lipinski definition) is 2. The molecule has 2 amide bonds. The number of amides is 2. The van der Waals surface area contributed by atoms with Crippen LogP contribution in [0.25, 0.3) is 0 Å². The van der Waals surface area contributed by atoms with Crippen LogP contribution in [-0.2, 0) is 14.3 Å². The number of hydrogen-bond acceptors (Lipinski definition) is 5. The second kappa shape index (κ2) is 9.01. The van der Waals surface area contributed by atoms with E-state index in [2.05, 4.69) is 15.5 Å². The molecule has 2 heterocycles. The summed E-state index contributed by atoms with van der Waals surface area (Å²) >= 11 is 0. The number of carbonyl (C=O) groups excluding carboxylic acids is 2. The third kappa shape index (κ3) is 5.06. The second-order valence-corrected chi connectivity index (χ2v) is 6.70. The van der Waals surface area contributed by atoms with E-state index in [4.69, 9.17) is 9.15 Å². The van der Waals surface area contributed by atoms with Crippen molar-refractivity contribution in [3.05, 3.63) is 24.2 Å². The summed E-state index contributed by atoms with van der Waals surface area (Å²) in [5, 5.41) is 5.61. The highest BCUT2D eigenvalue weighted by Gasteiger charge is 2.27. The molecule has 7 heteroatoms. The minimum atomic E-state index is -0.574. The van der Waals surface area contributed by atoms with Gasteiger partial charge in [0.25, 0.3) is 0 Å². The molecule has 1 aromatic heterocycles. The molecule has 0 aromatic carbocycles. The summed E-state index contributed by atoms with van der Waals surface area (Å²) in [6, 6.07) is 3.77. The van der Waals surface area contributed by atoms with Crippen LogP contribution >= 0.6 is 0 Å². The van der Waals surface area contributed by atoms with E-state index >= 15 is 0 Å². The fourth-order valence-electron chi connectivity index (χ4n) is 3.55. The molecule has 0 spiro atoms. The summed E-state index contributed by atoms with van der Waals surface area (Å²) in [7, 11) is 0. The van der Waals surface area contributed by atoms with Crippen LogP contribution in [0, 0.1) is 0 Å². The molecule has 1 unspecified atom stereocenters. The zero-order valence-corrected chi connectivity index (χ0v) is 14.5. The van der Waals surface area contributed by atoms with E-state index in [0.29, 0.717) is 19.8 Å². The van der Waals surface area contributed by atoms with Crippen molar-refractivity contribution in [1.82, 2.24) is 15.5 Å². The molecule has 0 radical (unpaired) electrons. The maximum Gasteiger partial charge on any atom is 0.309 e. The van der Waals surface area contributed by atoms with E-state index in [9.17, 15) is 9.59 Å². The predicted molar refractivity (Wildman–Crippen MR) is 91.9 cm³/mol. The lowest BCUT2D eigenvalue weighted by molar-refractivity contribution is -0.140. The normalized spacial score (nSPS) is 20.8. The second-order valence-electron chi connectivity index (χ2n) is 6.70. The van der Waals surface area contributed by atoms with Gasteiger partial charge in [0, 0.05) is 25.7 Å². The largest absolute Gasteiger partial charge is 0.468 e.